The predicted molar refractivity (Wildman–Crippen MR) is 100 cm³/mol. The number of benzene rings is 2. The van der Waals surface area contributed by atoms with E-state index in [4.69, 9.17) is 14.4 Å². The average Bonchev–Trinajstić information content (AvgIpc) is 2.67. The van der Waals surface area contributed by atoms with Crippen LogP contribution in [-0.4, -0.2) is 31.6 Å². The second-order valence-electron chi connectivity index (χ2n) is 5.54. The molecule has 0 bridgehead atoms. The van der Waals surface area contributed by atoms with Crippen LogP contribution in [0.4, 0.5) is 0 Å². The number of hydrogen-bond donors (Lipinski definition) is 0. The van der Waals surface area contributed by atoms with Crippen molar-refractivity contribution in [3.8, 4) is 0 Å². The summed E-state index contributed by atoms with van der Waals surface area (Å²) >= 11 is 0. The molecule has 2 aromatic carbocycles. The Morgan fingerprint density at radius 2 is 1.73 bits per heavy atom. The Balaban J connectivity index is 2.26. The molecule has 0 amide bonds. The van der Waals surface area contributed by atoms with Crippen LogP contribution < -0.4 is 0 Å². The fourth-order valence-electron chi connectivity index (χ4n) is 2.49. The summed E-state index contributed by atoms with van der Waals surface area (Å²) in [6.45, 7) is 3.94. The molecule has 0 spiro atoms. The largest absolute Gasteiger partial charge is 0.464 e. The lowest BCUT2D eigenvalue weighted by Crippen LogP contribution is -2.20. The molecular formula is C20H22N2O4. The van der Waals surface area contributed by atoms with Gasteiger partial charge >= 0.3 is 5.97 Å². The van der Waals surface area contributed by atoms with Gasteiger partial charge in [0.1, 0.15) is 13.7 Å². The lowest BCUT2D eigenvalue weighted by Gasteiger charge is -2.12. The first-order valence-electron chi connectivity index (χ1n) is 8.08. The molecule has 0 unspecified atom stereocenters. The van der Waals surface area contributed by atoms with Gasteiger partial charge in [0, 0.05) is 11.1 Å². The Morgan fingerprint density at radius 1 is 1.00 bits per heavy atom. The Labute approximate surface area is 153 Å². The maximum Gasteiger partial charge on any atom is 0.360 e. The van der Waals surface area contributed by atoms with Gasteiger partial charge in [-0.3, -0.25) is 0 Å². The molecule has 0 aromatic heterocycles. The van der Waals surface area contributed by atoms with Crippen LogP contribution in [0.15, 0.2) is 58.8 Å². The molecule has 136 valence electrons. The maximum absolute atomic E-state index is 12.1. The van der Waals surface area contributed by atoms with Crippen LogP contribution in [0.3, 0.4) is 0 Å². The third-order valence-corrected chi connectivity index (χ3v) is 3.77. The van der Waals surface area contributed by atoms with Crippen LogP contribution in [-0.2, 0) is 25.8 Å². The average molecular weight is 354 g/mol. The lowest BCUT2D eigenvalue weighted by molar-refractivity contribution is -0.132. The number of hydrogen-bond acceptors (Lipinski definition) is 6. The van der Waals surface area contributed by atoms with E-state index in [9.17, 15) is 4.79 Å². The van der Waals surface area contributed by atoms with Gasteiger partial charge in [-0.05, 0) is 25.0 Å². The molecule has 0 atom stereocenters. The number of nitrogens with zero attached hydrogens (tertiary/aromatic N) is 2. The predicted octanol–water partition coefficient (Wildman–Crippen LogP) is 3.46. The molecule has 0 N–H and O–H groups in total. The van der Waals surface area contributed by atoms with Crippen LogP contribution in [0.25, 0.3) is 0 Å². The molecule has 2 aromatic rings. The Morgan fingerprint density at radius 3 is 2.38 bits per heavy atom. The molecule has 0 saturated heterocycles. The minimum atomic E-state index is -0.577. The Bertz CT molecular complexity index is 814. The number of methoxy groups -OCH3 is 1. The van der Waals surface area contributed by atoms with Crippen molar-refractivity contribution in [1.29, 1.82) is 0 Å². The first kappa shape index (κ1) is 19.2. The molecule has 6 heteroatoms. The number of esters is 1. The highest BCUT2D eigenvalue weighted by Gasteiger charge is 2.21. The minimum absolute atomic E-state index is 0.0930. The summed E-state index contributed by atoms with van der Waals surface area (Å²) in [6, 6.07) is 15.4. The first-order valence-corrected chi connectivity index (χ1v) is 8.08. The van der Waals surface area contributed by atoms with Crippen LogP contribution in [0.5, 0.6) is 0 Å². The number of ether oxygens (including phenoxy) is 1. The summed E-state index contributed by atoms with van der Waals surface area (Å²) in [5, 5.41) is 7.99. The van der Waals surface area contributed by atoms with Gasteiger partial charge < -0.3 is 14.4 Å². The van der Waals surface area contributed by atoms with Gasteiger partial charge in [-0.1, -0.05) is 58.8 Å². The molecule has 0 radical (unpaired) electrons. The van der Waals surface area contributed by atoms with Gasteiger partial charge in [-0.2, -0.15) is 0 Å². The van der Waals surface area contributed by atoms with Crippen molar-refractivity contribution < 1.29 is 19.2 Å². The molecule has 2 rings (SSSR count). The van der Waals surface area contributed by atoms with E-state index >= 15 is 0 Å². The van der Waals surface area contributed by atoms with Crippen molar-refractivity contribution >= 4 is 17.4 Å². The number of aryl methyl sites for hydroxylation is 1. The molecule has 0 aliphatic rings. The summed E-state index contributed by atoms with van der Waals surface area (Å²) in [4.78, 5) is 22.4. The monoisotopic (exact) mass is 354 g/mol. The van der Waals surface area contributed by atoms with Crippen molar-refractivity contribution in [1.82, 2.24) is 0 Å². The van der Waals surface area contributed by atoms with Crippen molar-refractivity contribution in [2.45, 2.75) is 20.5 Å². The highest BCUT2D eigenvalue weighted by molar-refractivity contribution is 6.43. The zero-order valence-electron chi connectivity index (χ0n) is 15.4. The van der Waals surface area contributed by atoms with E-state index in [0.29, 0.717) is 5.56 Å². The van der Waals surface area contributed by atoms with Gasteiger partial charge in [0.05, 0.1) is 12.8 Å². The van der Waals surface area contributed by atoms with Gasteiger partial charge in [0.25, 0.3) is 0 Å². The molecule has 0 aliphatic heterocycles. The third-order valence-electron chi connectivity index (χ3n) is 3.77. The standard InChI is InChI=1S/C20H22N2O4/c1-14-9-8-12-17(18(14)19(22-25-4)20(23)24-3)13-26-21-15(2)16-10-6-5-7-11-16/h5-12H,13H2,1-4H3/b21-15-,22-19-. The lowest BCUT2D eigenvalue weighted by atomic mass is 9.98. The van der Waals surface area contributed by atoms with Crippen molar-refractivity contribution in [3.63, 3.8) is 0 Å². The molecule has 6 nitrogen and oxygen atoms in total. The topological polar surface area (TPSA) is 69.5 Å². The van der Waals surface area contributed by atoms with E-state index in [1.54, 1.807) is 0 Å². The normalized spacial score (nSPS) is 11.8. The zero-order valence-corrected chi connectivity index (χ0v) is 15.4. The third kappa shape index (κ3) is 4.69. The molecule has 0 heterocycles. The Hall–Kier alpha value is -3.15. The van der Waals surface area contributed by atoms with E-state index in [1.165, 1.54) is 14.2 Å². The van der Waals surface area contributed by atoms with E-state index in [2.05, 4.69) is 10.3 Å². The summed E-state index contributed by atoms with van der Waals surface area (Å²) in [5.74, 6) is -0.577. The quantitative estimate of drug-likeness (QED) is 0.434. The number of oxime groups is 2. The smallest absolute Gasteiger partial charge is 0.360 e. The Kier molecular flexibility index (Phi) is 6.91. The second-order valence-corrected chi connectivity index (χ2v) is 5.54. The molecule has 0 aliphatic carbocycles. The zero-order chi connectivity index (χ0) is 18.9. The van der Waals surface area contributed by atoms with Gasteiger partial charge in [0.15, 0.2) is 5.71 Å². The first-order chi connectivity index (χ1) is 12.6. The van der Waals surface area contributed by atoms with E-state index in [0.717, 1.165) is 22.4 Å². The van der Waals surface area contributed by atoms with Crippen molar-refractivity contribution in [2.75, 3.05) is 14.2 Å². The maximum atomic E-state index is 12.1. The number of carbonyl (C=O) groups is 1. The highest BCUT2D eigenvalue weighted by Crippen LogP contribution is 2.18. The van der Waals surface area contributed by atoms with Gasteiger partial charge in [-0.15, -0.1) is 0 Å². The highest BCUT2D eigenvalue weighted by atomic mass is 16.6. The van der Waals surface area contributed by atoms with Crippen molar-refractivity contribution in [3.05, 3.63) is 70.8 Å². The van der Waals surface area contributed by atoms with Gasteiger partial charge in [0.2, 0.25) is 0 Å². The summed E-state index contributed by atoms with van der Waals surface area (Å²) in [5.41, 5.74) is 4.07. The number of rotatable bonds is 7. The summed E-state index contributed by atoms with van der Waals surface area (Å²) < 4.78 is 4.81. The second kappa shape index (κ2) is 9.36. The van der Waals surface area contributed by atoms with E-state index < -0.39 is 5.97 Å². The van der Waals surface area contributed by atoms with Crippen LogP contribution in [0, 0.1) is 6.92 Å². The fraction of sp³-hybridized carbons (Fsp3) is 0.250. The van der Waals surface area contributed by atoms with E-state index in [1.807, 2.05) is 62.4 Å². The molecular weight excluding hydrogens is 332 g/mol. The van der Waals surface area contributed by atoms with Crippen LogP contribution in [0.2, 0.25) is 0 Å². The summed E-state index contributed by atoms with van der Waals surface area (Å²) in [6.07, 6.45) is 0. The minimum Gasteiger partial charge on any atom is -0.464 e. The SMILES string of the molecule is CO/N=C(\C(=O)OC)c1c(C)cccc1CO/N=C(/C)c1ccccc1. The molecule has 26 heavy (non-hydrogen) atoms. The van der Waals surface area contributed by atoms with Crippen molar-refractivity contribution in [2.24, 2.45) is 10.3 Å². The van der Waals surface area contributed by atoms with E-state index in [-0.39, 0.29) is 12.3 Å². The fourth-order valence-corrected chi connectivity index (χ4v) is 2.49. The van der Waals surface area contributed by atoms with Gasteiger partial charge in [-0.25, -0.2) is 4.79 Å². The number of carbonyl (C=O) groups excluding carboxylic acids is 1. The summed E-state index contributed by atoms with van der Waals surface area (Å²) in [7, 11) is 2.68. The molecule has 0 fully saturated rings. The van der Waals surface area contributed by atoms with Crippen LogP contribution >= 0.6 is 0 Å². The molecule has 0 saturated carbocycles. The van der Waals surface area contributed by atoms with Crippen LogP contribution in [0.1, 0.15) is 29.2 Å².